The molecule has 0 fully saturated rings. The SMILES string of the molecule is O=C(CN(c1ccc(Cl)c(C(F)(F)F)c1)S(=O)(=O)c1ccccc1)Nc1cc(Cl)ccc1Cl. The standard InChI is InChI=1S/C21H14Cl3F3N2O3S/c22-13-6-8-18(24)19(10-13)28-20(30)12-29(33(31,32)15-4-2-1-3-5-15)14-7-9-17(23)16(11-14)21(25,26)27/h1-11H,12H2,(H,28,30). The first-order valence-electron chi connectivity index (χ1n) is 9.09. The lowest BCUT2D eigenvalue weighted by molar-refractivity contribution is -0.137. The van der Waals surface area contributed by atoms with E-state index in [9.17, 15) is 26.4 Å². The number of hydrogen-bond acceptors (Lipinski definition) is 3. The van der Waals surface area contributed by atoms with Crippen molar-refractivity contribution in [1.29, 1.82) is 0 Å². The number of amides is 1. The van der Waals surface area contributed by atoms with Gasteiger partial charge in [0, 0.05) is 5.02 Å². The van der Waals surface area contributed by atoms with E-state index >= 15 is 0 Å². The van der Waals surface area contributed by atoms with Crippen LogP contribution in [0.2, 0.25) is 15.1 Å². The lowest BCUT2D eigenvalue weighted by Crippen LogP contribution is -2.38. The van der Waals surface area contributed by atoms with Crippen LogP contribution in [0.15, 0.2) is 71.6 Å². The second-order valence-corrected chi connectivity index (χ2v) is 9.77. The van der Waals surface area contributed by atoms with E-state index in [2.05, 4.69) is 5.32 Å². The van der Waals surface area contributed by atoms with E-state index in [1.54, 1.807) is 6.07 Å². The molecule has 0 aliphatic carbocycles. The van der Waals surface area contributed by atoms with Gasteiger partial charge < -0.3 is 5.32 Å². The summed E-state index contributed by atoms with van der Waals surface area (Å²) in [4.78, 5) is 12.5. The second kappa shape index (κ2) is 9.80. The predicted molar refractivity (Wildman–Crippen MR) is 123 cm³/mol. The maximum atomic E-state index is 13.4. The molecule has 1 amide bonds. The Bertz CT molecular complexity index is 1290. The summed E-state index contributed by atoms with van der Waals surface area (Å²) in [5.41, 5.74) is -1.53. The minimum atomic E-state index is -4.84. The van der Waals surface area contributed by atoms with E-state index in [0.29, 0.717) is 10.4 Å². The molecule has 0 saturated heterocycles. The van der Waals surface area contributed by atoms with Gasteiger partial charge in [0.1, 0.15) is 6.54 Å². The first-order chi connectivity index (χ1) is 15.4. The van der Waals surface area contributed by atoms with Gasteiger partial charge in [0.2, 0.25) is 5.91 Å². The summed E-state index contributed by atoms with van der Waals surface area (Å²) >= 11 is 17.6. The number of carbonyl (C=O) groups excluding carboxylic acids is 1. The average molecular weight is 538 g/mol. The molecule has 0 saturated carbocycles. The number of hydrogen-bond donors (Lipinski definition) is 1. The van der Waals surface area contributed by atoms with Crippen molar-refractivity contribution in [2.24, 2.45) is 0 Å². The average Bonchev–Trinajstić information content (AvgIpc) is 2.75. The second-order valence-electron chi connectivity index (χ2n) is 6.66. The molecule has 174 valence electrons. The topological polar surface area (TPSA) is 66.5 Å². The Morgan fingerprint density at radius 1 is 0.909 bits per heavy atom. The molecule has 0 radical (unpaired) electrons. The van der Waals surface area contributed by atoms with Crippen molar-refractivity contribution >= 4 is 62.1 Å². The minimum absolute atomic E-state index is 0.110. The maximum absolute atomic E-state index is 13.4. The summed E-state index contributed by atoms with van der Waals surface area (Å²) < 4.78 is 67.3. The summed E-state index contributed by atoms with van der Waals surface area (Å²) in [6.45, 7) is -0.848. The molecule has 0 bridgehead atoms. The van der Waals surface area contributed by atoms with Gasteiger partial charge in [0.15, 0.2) is 0 Å². The van der Waals surface area contributed by atoms with Crippen LogP contribution in [0.3, 0.4) is 0 Å². The monoisotopic (exact) mass is 536 g/mol. The summed E-state index contributed by atoms with van der Waals surface area (Å²) in [5.74, 6) is -0.859. The zero-order valence-electron chi connectivity index (χ0n) is 16.4. The van der Waals surface area contributed by atoms with Gasteiger partial charge >= 0.3 is 6.18 Å². The highest BCUT2D eigenvalue weighted by Crippen LogP contribution is 2.38. The molecule has 0 aromatic heterocycles. The number of rotatable bonds is 6. The highest BCUT2D eigenvalue weighted by molar-refractivity contribution is 7.92. The Morgan fingerprint density at radius 3 is 2.18 bits per heavy atom. The zero-order chi connectivity index (χ0) is 24.4. The van der Waals surface area contributed by atoms with Crippen molar-refractivity contribution in [2.45, 2.75) is 11.1 Å². The quantitative estimate of drug-likeness (QED) is 0.390. The van der Waals surface area contributed by atoms with Crippen molar-refractivity contribution in [3.63, 3.8) is 0 Å². The number of anilines is 2. The van der Waals surface area contributed by atoms with E-state index < -0.39 is 44.9 Å². The molecule has 3 rings (SSSR count). The van der Waals surface area contributed by atoms with Crippen molar-refractivity contribution in [3.05, 3.63) is 87.4 Å². The summed E-state index contributed by atoms with van der Waals surface area (Å²) in [5, 5.41) is 2.20. The fraction of sp³-hybridized carbons (Fsp3) is 0.0952. The molecule has 0 spiro atoms. The van der Waals surface area contributed by atoms with Crippen LogP contribution in [0.5, 0.6) is 0 Å². The third kappa shape index (κ3) is 5.92. The number of halogens is 6. The fourth-order valence-corrected chi connectivity index (χ4v) is 4.83. The molecule has 0 aliphatic rings. The first-order valence-corrected chi connectivity index (χ1v) is 11.7. The summed E-state index contributed by atoms with van der Waals surface area (Å²) in [6, 6.07) is 13.8. The Morgan fingerprint density at radius 2 is 1.55 bits per heavy atom. The number of benzene rings is 3. The Balaban J connectivity index is 2.05. The van der Waals surface area contributed by atoms with E-state index in [1.807, 2.05) is 0 Å². The maximum Gasteiger partial charge on any atom is 0.417 e. The van der Waals surface area contributed by atoms with E-state index in [0.717, 1.165) is 12.1 Å². The normalized spacial score (nSPS) is 11.8. The highest BCUT2D eigenvalue weighted by Gasteiger charge is 2.35. The first kappa shape index (κ1) is 25.2. The zero-order valence-corrected chi connectivity index (χ0v) is 19.5. The lowest BCUT2D eigenvalue weighted by atomic mass is 10.2. The van der Waals surface area contributed by atoms with E-state index in [-0.39, 0.29) is 20.6 Å². The number of alkyl halides is 3. The third-order valence-electron chi connectivity index (χ3n) is 4.36. The number of carbonyl (C=O) groups is 1. The summed E-state index contributed by atoms with van der Waals surface area (Å²) in [6.07, 6.45) is -4.84. The van der Waals surface area contributed by atoms with Gasteiger partial charge in [-0.3, -0.25) is 9.10 Å². The number of nitrogens with zero attached hydrogens (tertiary/aromatic N) is 1. The van der Waals surface area contributed by atoms with Crippen LogP contribution in [0, 0.1) is 0 Å². The minimum Gasteiger partial charge on any atom is -0.323 e. The smallest absolute Gasteiger partial charge is 0.323 e. The number of sulfonamides is 1. The van der Waals surface area contributed by atoms with E-state index in [4.69, 9.17) is 34.8 Å². The largest absolute Gasteiger partial charge is 0.417 e. The molecule has 0 atom stereocenters. The molecule has 0 aliphatic heterocycles. The van der Waals surface area contributed by atoms with Gasteiger partial charge in [0.05, 0.1) is 31.9 Å². The van der Waals surface area contributed by atoms with Gasteiger partial charge in [0.25, 0.3) is 10.0 Å². The van der Waals surface area contributed by atoms with Crippen LogP contribution < -0.4 is 9.62 Å². The molecule has 1 N–H and O–H groups in total. The van der Waals surface area contributed by atoms with Crippen LogP contribution in [-0.2, 0) is 21.0 Å². The van der Waals surface area contributed by atoms with Gasteiger partial charge in [-0.25, -0.2) is 8.42 Å². The van der Waals surface area contributed by atoms with Crippen LogP contribution in [0.1, 0.15) is 5.56 Å². The lowest BCUT2D eigenvalue weighted by Gasteiger charge is -2.25. The number of nitrogens with one attached hydrogen (secondary N) is 1. The fourth-order valence-electron chi connectivity index (χ4n) is 2.83. The van der Waals surface area contributed by atoms with Crippen LogP contribution >= 0.6 is 34.8 Å². The van der Waals surface area contributed by atoms with Crippen LogP contribution in [0.25, 0.3) is 0 Å². The van der Waals surface area contributed by atoms with Crippen molar-refractivity contribution in [2.75, 3.05) is 16.2 Å². The van der Waals surface area contributed by atoms with Gasteiger partial charge in [-0.1, -0.05) is 53.0 Å². The molecule has 3 aromatic carbocycles. The molecule has 3 aromatic rings. The summed E-state index contributed by atoms with van der Waals surface area (Å²) in [7, 11) is -4.43. The third-order valence-corrected chi connectivity index (χ3v) is 7.05. The van der Waals surface area contributed by atoms with Gasteiger partial charge in [-0.2, -0.15) is 13.2 Å². The predicted octanol–water partition coefficient (Wildman–Crippen LogP) is 6.50. The molecule has 12 heteroatoms. The Kier molecular flexibility index (Phi) is 7.48. The van der Waals surface area contributed by atoms with Gasteiger partial charge in [-0.15, -0.1) is 0 Å². The Hall–Kier alpha value is -2.46. The molecule has 0 unspecified atom stereocenters. The molecular weight excluding hydrogens is 524 g/mol. The Labute approximate surface area is 202 Å². The molecule has 5 nitrogen and oxygen atoms in total. The molecular formula is C21H14Cl3F3N2O3S. The van der Waals surface area contributed by atoms with Crippen molar-refractivity contribution in [3.8, 4) is 0 Å². The van der Waals surface area contributed by atoms with Crippen LogP contribution in [-0.4, -0.2) is 20.9 Å². The van der Waals surface area contributed by atoms with Gasteiger partial charge in [-0.05, 0) is 48.5 Å². The molecule has 0 heterocycles. The van der Waals surface area contributed by atoms with E-state index in [1.165, 1.54) is 42.5 Å². The molecule has 33 heavy (non-hydrogen) atoms. The van der Waals surface area contributed by atoms with Crippen LogP contribution in [0.4, 0.5) is 24.5 Å². The van der Waals surface area contributed by atoms with Crippen molar-refractivity contribution < 1.29 is 26.4 Å². The highest BCUT2D eigenvalue weighted by atomic mass is 35.5. The van der Waals surface area contributed by atoms with Crippen molar-refractivity contribution in [1.82, 2.24) is 0 Å².